The molecule has 0 spiro atoms. The van der Waals surface area contributed by atoms with Gasteiger partial charge in [-0.3, -0.25) is 20.0 Å². The summed E-state index contributed by atoms with van der Waals surface area (Å²) in [6.45, 7) is 2.00. The Labute approximate surface area is 288 Å². The van der Waals surface area contributed by atoms with Crippen LogP contribution in [0.3, 0.4) is 0 Å². The number of benzene rings is 3. The van der Waals surface area contributed by atoms with Crippen LogP contribution in [0.1, 0.15) is 39.1 Å². The van der Waals surface area contributed by atoms with E-state index in [4.69, 9.17) is 23.1 Å². The fourth-order valence-electron chi connectivity index (χ4n) is 4.39. The summed E-state index contributed by atoms with van der Waals surface area (Å²) in [5.74, 6) is 1.19. The second-order valence-electron chi connectivity index (χ2n) is 10.5. The molecule has 5 aromatic rings. The molecule has 0 saturated carbocycles. The number of hydrogen-bond acceptors (Lipinski definition) is 5. The van der Waals surface area contributed by atoms with Crippen LogP contribution in [0.25, 0.3) is 0 Å². The molecule has 246 valence electrons. The Hall–Kier alpha value is -5.72. The SMILES string of the molecule is C#C.CN=CNCCc1ccc(C(N)=NCc2ccncc2)cc1.NC(Cc1ccc(Cc2cnc[nH]2)cc1)=NCc1ccc(Cl)cc1. The lowest BCUT2D eigenvalue weighted by Crippen LogP contribution is -2.15. The monoisotopic (exact) mass is 659 g/mol. The summed E-state index contributed by atoms with van der Waals surface area (Å²) in [5, 5.41) is 3.84. The van der Waals surface area contributed by atoms with Gasteiger partial charge in [0.05, 0.1) is 31.6 Å². The standard InChI is InChI=1S/C19H19ClN4.C17H21N5.C2H2/c20-17-7-5-16(6-8-17)11-23-19(21)10-15-3-1-14(2-4-15)9-18-12-22-13-24-18;1-19-13-21-11-6-14-2-4-16(5-3-14)17(18)22-12-15-7-9-20-10-8-15;1-2/h1-8,12-13H,9-11H2,(H2,21,23)(H,22,24);2-5,7-10,13H,6,11-12H2,1H3,(H2,18,22)(H,19,21);1-2H. The van der Waals surface area contributed by atoms with Crippen LogP contribution in [-0.4, -0.2) is 46.6 Å². The molecule has 9 nitrogen and oxygen atoms in total. The first-order chi connectivity index (χ1) is 23.5. The van der Waals surface area contributed by atoms with Crippen molar-refractivity contribution in [1.29, 1.82) is 0 Å². The van der Waals surface area contributed by atoms with E-state index in [-0.39, 0.29) is 0 Å². The van der Waals surface area contributed by atoms with E-state index >= 15 is 0 Å². The zero-order valence-electron chi connectivity index (χ0n) is 27.1. The van der Waals surface area contributed by atoms with Gasteiger partial charge in [0, 0.05) is 61.3 Å². The fraction of sp³-hybridized carbons (Fsp3) is 0.184. The van der Waals surface area contributed by atoms with Crippen molar-refractivity contribution in [1.82, 2.24) is 20.3 Å². The topological polar surface area (TPSA) is 143 Å². The van der Waals surface area contributed by atoms with E-state index in [2.05, 4.69) is 84.5 Å². The van der Waals surface area contributed by atoms with Crippen LogP contribution in [0.15, 0.2) is 125 Å². The number of nitrogens with zero attached hydrogens (tertiary/aromatic N) is 5. The largest absolute Gasteiger partial charge is 0.387 e. The maximum atomic E-state index is 6.04. The van der Waals surface area contributed by atoms with E-state index in [0.29, 0.717) is 31.2 Å². The summed E-state index contributed by atoms with van der Waals surface area (Å²) in [6, 6.07) is 28.1. The molecule has 0 aliphatic rings. The summed E-state index contributed by atoms with van der Waals surface area (Å²) in [4.78, 5) is 23.9. The van der Waals surface area contributed by atoms with Crippen LogP contribution >= 0.6 is 11.6 Å². The number of H-pyrrole nitrogens is 1. The molecule has 0 atom stereocenters. The van der Waals surface area contributed by atoms with Crippen molar-refractivity contribution in [3.05, 3.63) is 154 Å². The molecule has 0 saturated heterocycles. The number of imidazole rings is 1. The Morgan fingerprint density at radius 2 is 1.40 bits per heavy atom. The molecule has 0 aliphatic carbocycles. The van der Waals surface area contributed by atoms with Gasteiger partial charge in [-0.15, -0.1) is 12.8 Å². The molecule has 0 bridgehead atoms. The van der Waals surface area contributed by atoms with Crippen LogP contribution in [0.2, 0.25) is 5.02 Å². The van der Waals surface area contributed by atoms with Gasteiger partial charge in [-0.2, -0.15) is 0 Å². The zero-order valence-corrected chi connectivity index (χ0v) is 27.9. The summed E-state index contributed by atoms with van der Waals surface area (Å²) in [7, 11) is 1.75. The summed E-state index contributed by atoms with van der Waals surface area (Å²) in [6.07, 6.45) is 19.2. The highest BCUT2D eigenvalue weighted by atomic mass is 35.5. The third-order valence-electron chi connectivity index (χ3n) is 6.95. The predicted molar refractivity (Wildman–Crippen MR) is 199 cm³/mol. The van der Waals surface area contributed by atoms with Gasteiger partial charge in [-0.1, -0.05) is 72.3 Å². The van der Waals surface area contributed by atoms with Crippen LogP contribution in [0.4, 0.5) is 0 Å². The summed E-state index contributed by atoms with van der Waals surface area (Å²) >= 11 is 5.87. The van der Waals surface area contributed by atoms with Gasteiger partial charge in [0.1, 0.15) is 5.84 Å². The van der Waals surface area contributed by atoms with Crippen molar-refractivity contribution in [2.75, 3.05) is 13.6 Å². The van der Waals surface area contributed by atoms with Crippen molar-refractivity contribution >= 4 is 29.6 Å². The Morgan fingerprint density at radius 3 is 2.04 bits per heavy atom. The van der Waals surface area contributed by atoms with Gasteiger partial charge in [0.15, 0.2) is 0 Å². The number of nitrogens with two attached hydrogens (primary N) is 2. The quantitative estimate of drug-likeness (QED) is 0.0549. The number of aromatic amines is 1. The van der Waals surface area contributed by atoms with E-state index in [9.17, 15) is 0 Å². The normalized spacial score (nSPS) is 11.2. The van der Waals surface area contributed by atoms with Crippen molar-refractivity contribution in [2.24, 2.45) is 26.4 Å². The molecule has 0 aliphatic heterocycles. The number of aliphatic imine (C=N–C) groups is 3. The Kier molecular flexibility index (Phi) is 16.2. The minimum Gasteiger partial charge on any atom is -0.387 e. The van der Waals surface area contributed by atoms with Gasteiger partial charge in [0.2, 0.25) is 0 Å². The number of amidine groups is 2. The first-order valence-corrected chi connectivity index (χ1v) is 15.7. The average Bonchev–Trinajstić information content (AvgIpc) is 3.65. The fourth-order valence-corrected chi connectivity index (χ4v) is 4.52. The number of terminal acetylenes is 1. The molecule has 0 fully saturated rings. The van der Waals surface area contributed by atoms with Crippen LogP contribution < -0.4 is 16.8 Å². The van der Waals surface area contributed by atoms with Crippen molar-refractivity contribution < 1.29 is 0 Å². The smallest absolute Gasteiger partial charge is 0.125 e. The van der Waals surface area contributed by atoms with E-state index in [1.165, 1.54) is 11.1 Å². The van der Waals surface area contributed by atoms with Crippen LogP contribution in [0.5, 0.6) is 0 Å². The third-order valence-corrected chi connectivity index (χ3v) is 7.20. The maximum absolute atomic E-state index is 6.04. The molecule has 2 heterocycles. The first kappa shape index (κ1) is 36.7. The van der Waals surface area contributed by atoms with Crippen LogP contribution in [0, 0.1) is 12.8 Å². The molecule has 2 aromatic heterocycles. The van der Waals surface area contributed by atoms with Gasteiger partial charge < -0.3 is 21.8 Å². The van der Waals surface area contributed by atoms with E-state index in [1.54, 1.807) is 32.1 Å². The number of nitrogens with one attached hydrogen (secondary N) is 2. The van der Waals surface area contributed by atoms with Crippen molar-refractivity contribution in [3.63, 3.8) is 0 Å². The minimum absolute atomic E-state index is 0.555. The molecule has 5 rings (SSSR count). The van der Waals surface area contributed by atoms with Gasteiger partial charge in [-0.25, -0.2) is 4.98 Å². The molecule has 0 unspecified atom stereocenters. The lowest BCUT2D eigenvalue weighted by molar-refractivity contribution is 0.877. The third kappa shape index (κ3) is 13.7. The van der Waals surface area contributed by atoms with Crippen molar-refractivity contribution in [2.45, 2.75) is 32.4 Å². The number of pyridine rings is 1. The molecular weight excluding hydrogens is 618 g/mol. The number of halogens is 1. The van der Waals surface area contributed by atoms with Gasteiger partial charge in [-0.05, 0) is 58.5 Å². The molecule has 6 N–H and O–H groups in total. The second kappa shape index (κ2) is 21.1. The predicted octanol–water partition coefficient (Wildman–Crippen LogP) is 5.78. The van der Waals surface area contributed by atoms with Crippen LogP contribution in [-0.2, 0) is 32.4 Å². The zero-order chi connectivity index (χ0) is 34.4. The highest BCUT2D eigenvalue weighted by Gasteiger charge is 2.02. The van der Waals surface area contributed by atoms with Gasteiger partial charge in [0.25, 0.3) is 0 Å². The summed E-state index contributed by atoms with van der Waals surface area (Å²) in [5.41, 5.74) is 20.0. The highest BCUT2D eigenvalue weighted by Crippen LogP contribution is 2.12. The minimum atomic E-state index is 0.555. The average molecular weight is 660 g/mol. The lowest BCUT2D eigenvalue weighted by Gasteiger charge is -2.05. The summed E-state index contributed by atoms with van der Waals surface area (Å²) < 4.78 is 0. The highest BCUT2D eigenvalue weighted by molar-refractivity contribution is 6.30. The van der Waals surface area contributed by atoms with E-state index in [0.717, 1.165) is 52.4 Å². The first-order valence-electron chi connectivity index (χ1n) is 15.3. The van der Waals surface area contributed by atoms with E-state index in [1.807, 2.05) is 54.7 Å². The molecule has 0 amide bonds. The molecule has 3 aromatic carbocycles. The lowest BCUT2D eigenvalue weighted by atomic mass is 10.1. The van der Waals surface area contributed by atoms with E-state index < -0.39 is 0 Å². The second-order valence-corrected chi connectivity index (χ2v) is 11.0. The Balaban J connectivity index is 0.000000249. The molecule has 10 heteroatoms. The number of aromatic nitrogens is 3. The number of rotatable bonds is 13. The number of hydrogen-bond donors (Lipinski definition) is 4. The molecular formula is C38H42ClN9. The molecule has 0 radical (unpaired) electrons. The Bertz CT molecular complexity index is 1710. The Morgan fingerprint density at radius 1 is 0.792 bits per heavy atom. The van der Waals surface area contributed by atoms with Gasteiger partial charge >= 0.3 is 0 Å². The molecule has 48 heavy (non-hydrogen) atoms. The maximum Gasteiger partial charge on any atom is 0.125 e. The van der Waals surface area contributed by atoms with Crippen molar-refractivity contribution in [3.8, 4) is 12.8 Å².